The number of nitrogens with zero attached hydrogens (tertiary/aromatic N) is 18. The number of amides is 11. The van der Waals surface area contributed by atoms with Crippen LogP contribution in [0.2, 0.25) is 0 Å². The van der Waals surface area contributed by atoms with Gasteiger partial charge in [-0.25, -0.2) is 19.9 Å². The molecule has 0 unspecified atom stereocenters. The Morgan fingerprint density at radius 1 is 0.428 bits per heavy atom. The number of imidazole rings is 4. The Morgan fingerprint density at radius 2 is 0.855 bits per heavy atom. The van der Waals surface area contributed by atoms with Crippen LogP contribution in [-0.4, -0.2) is 347 Å². The van der Waals surface area contributed by atoms with Gasteiger partial charge in [0.05, 0.1) is 95.9 Å². The average molecular weight is 1980 g/mol. The highest BCUT2D eigenvalue weighted by molar-refractivity contribution is 5.97. The van der Waals surface area contributed by atoms with Crippen LogP contribution in [0, 0.1) is 12.8 Å². The third-order valence-electron chi connectivity index (χ3n) is 28.3. The standard InChI is InChI=1S/C107H131N25O13/c1-65-66(2)98(65)104(140)109-42-49-130(62-91(108)133)97(139)64-132(44-15-14-43-125(9)93(135)24-18-52-144-81-22-16-20-77(55-81)99-111-85-36-32-79(59-89(85)117-99)101-113-83-34-30-75(57-87(83)115-101)72-38-45-123(7)46-39-72)107(143)69(5)129(13)106(142)68(4)128(12)105(141)67(3)127(11)96(138)63-131(95(137)61-110-92(134)54-71-26-28-74(29-27-71)103-121-119-70(6)120-122-103)51-50-126(10)94(136)25-19-53-145-82-23-17-21-78(56-82)100-112-86-37-33-80(60-90(86)118-100)102-114-84-35-31-76(58-88(84)116-102)73-40-47-124(8)48-41-73/h16-17,20-23,26-37,55-60,67-69,72-73,98H,14-15,18-19,24-25,38-54,61-64H2,1-13H3,(H2,108,133)(H,109,140)(H,110,134)(H,111,117)(H,112,118)(H,113,115)(H,114,116)/t67-,68-,69-/m0/s1. The summed E-state index contributed by atoms with van der Waals surface area (Å²) in [5.74, 6) is -0.714. The van der Waals surface area contributed by atoms with Gasteiger partial charge in [0.25, 0.3) is 0 Å². The van der Waals surface area contributed by atoms with Crippen molar-refractivity contribution in [2.45, 2.75) is 142 Å². The van der Waals surface area contributed by atoms with Gasteiger partial charge in [0.15, 0.2) is 5.82 Å². The van der Waals surface area contributed by atoms with Crippen molar-refractivity contribution >= 4 is 109 Å². The predicted molar refractivity (Wildman–Crippen MR) is 551 cm³/mol. The lowest BCUT2D eigenvalue weighted by Gasteiger charge is -2.36. The van der Waals surface area contributed by atoms with E-state index < -0.39 is 91.6 Å². The van der Waals surface area contributed by atoms with E-state index >= 15 is 0 Å². The van der Waals surface area contributed by atoms with Crippen molar-refractivity contribution in [2.24, 2.45) is 11.7 Å². The summed E-state index contributed by atoms with van der Waals surface area (Å²) in [5.41, 5.74) is 22.0. The summed E-state index contributed by atoms with van der Waals surface area (Å²) in [6.45, 7) is 12.2. The van der Waals surface area contributed by atoms with Crippen molar-refractivity contribution in [2.75, 3.05) is 154 Å². The first-order valence-corrected chi connectivity index (χ1v) is 49.7. The maximum absolute atomic E-state index is 15.0. The van der Waals surface area contributed by atoms with E-state index in [-0.39, 0.29) is 102 Å². The van der Waals surface area contributed by atoms with Gasteiger partial charge in [-0.2, -0.15) is 0 Å². The SMILES string of the molecule is CC1=C(C)C1C(=O)NCCN(CC(N)=O)C(=O)CN(CCCCN(C)C(=O)CCCOc1cccc(-c2nc3ccc(-c4nc5ccc(C6CCN(C)CC6)cc5[nH]4)cc3[nH]2)c1)C(=O)[C@H](C)N(C)C(=O)[C@H](C)N(C)C(=O)[C@H](C)N(C)C(=O)CN(CCN(C)C(=O)CCCOc1cccc(-c2nc3ccc(-c4nc5ccc(C6CCN(C)CC6)cc5[nH]4)cc3[nH]2)c1)C(=O)CNC(=O)Cc1ccc(-c2nnc(C)nn2)cc1. The summed E-state index contributed by atoms with van der Waals surface area (Å²) >= 11 is 0. The van der Waals surface area contributed by atoms with Crippen molar-refractivity contribution in [1.29, 1.82) is 0 Å². The number of nitrogens with two attached hydrogens (primary N) is 1. The number of likely N-dealkylation sites (tertiary alicyclic amines) is 2. The zero-order chi connectivity index (χ0) is 103. The molecule has 15 rings (SSSR count). The van der Waals surface area contributed by atoms with Crippen molar-refractivity contribution in [3.8, 4) is 68.4 Å². The Bertz CT molecular complexity index is 6740. The van der Waals surface area contributed by atoms with Gasteiger partial charge in [-0.15, -0.1) is 20.4 Å². The van der Waals surface area contributed by atoms with Crippen molar-refractivity contribution in [3.63, 3.8) is 0 Å². The molecule has 0 bridgehead atoms. The van der Waals surface area contributed by atoms with Gasteiger partial charge in [-0.3, -0.25) is 52.7 Å². The lowest BCUT2D eigenvalue weighted by molar-refractivity contribution is -0.153. The molecular weight excluding hydrogens is 1840 g/mol. The molecule has 0 radical (unpaired) electrons. The maximum atomic E-state index is 15.0. The molecule has 7 aromatic carbocycles. The number of hydrogen-bond acceptors (Lipinski definition) is 23. The Kier molecular flexibility index (Phi) is 34.0. The number of ether oxygens (including phenoxy) is 2. The highest BCUT2D eigenvalue weighted by atomic mass is 16.5. The van der Waals surface area contributed by atoms with E-state index in [4.69, 9.17) is 35.1 Å². The fourth-order valence-corrected chi connectivity index (χ4v) is 18.5. The molecule has 762 valence electrons. The number of carbonyl (C=O) groups excluding carboxylic acids is 11. The van der Waals surface area contributed by atoms with E-state index in [0.717, 1.165) is 161 Å². The summed E-state index contributed by atoms with van der Waals surface area (Å²) in [5, 5.41) is 21.6. The van der Waals surface area contributed by atoms with Crippen LogP contribution < -0.4 is 25.8 Å². The van der Waals surface area contributed by atoms with Gasteiger partial charge in [-0.05, 0) is 247 Å². The van der Waals surface area contributed by atoms with Crippen molar-refractivity contribution in [1.82, 2.24) is 120 Å². The van der Waals surface area contributed by atoms with Crippen LogP contribution in [0.1, 0.15) is 133 Å². The number of aromatic nitrogens is 12. The first-order chi connectivity index (χ1) is 69.6. The number of rotatable bonds is 45. The van der Waals surface area contributed by atoms with Crippen LogP contribution in [0.3, 0.4) is 0 Å². The number of hydrogen-bond donors (Lipinski definition) is 7. The van der Waals surface area contributed by atoms with E-state index in [0.29, 0.717) is 77.0 Å². The molecule has 2 aliphatic heterocycles. The average Bonchev–Trinajstić information content (AvgIpc) is 1.64. The molecule has 8 N–H and O–H groups in total. The van der Waals surface area contributed by atoms with E-state index in [2.05, 4.69) is 111 Å². The molecule has 38 nitrogen and oxygen atoms in total. The summed E-state index contributed by atoms with van der Waals surface area (Å²) < 4.78 is 12.4. The van der Waals surface area contributed by atoms with Gasteiger partial charge in [-0.1, -0.05) is 71.8 Å². The monoisotopic (exact) mass is 1970 g/mol. The minimum Gasteiger partial charge on any atom is -0.494 e. The molecule has 1 aliphatic carbocycles. The lowest BCUT2D eigenvalue weighted by Crippen LogP contribution is -2.57. The number of piperidine rings is 2. The molecule has 2 saturated heterocycles. The second-order valence-electron chi connectivity index (χ2n) is 38.6. The molecule has 2 fully saturated rings. The number of fused-ring (bicyclic) bond motifs is 4. The van der Waals surface area contributed by atoms with Crippen LogP contribution in [0.5, 0.6) is 11.5 Å². The molecule has 7 heterocycles. The zero-order valence-electron chi connectivity index (χ0n) is 84.8. The summed E-state index contributed by atoms with van der Waals surface area (Å²) in [7, 11) is 11.7. The molecule has 0 spiro atoms. The topological polar surface area (TPSA) is 455 Å². The molecule has 38 heteroatoms. The number of likely N-dealkylation sites (N-methyl/N-ethyl adjacent to an activating group) is 4. The largest absolute Gasteiger partial charge is 0.494 e. The normalized spacial score (nSPS) is 14.4. The van der Waals surface area contributed by atoms with Gasteiger partial charge in [0, 0.05) is 115 Å². The van der Waals surface area contributed by atoms with E-state index in [1.54, 1.807) is 50.2 Å². The van der Waals surface area contributed by atoms with E-state index in [1.807, 2.05) is 98.8 Å². The Labute approximate surface area is 842 Å². The third-order valence-corrected chi connectivity index (χ3v) is 28.3. The number of primary amides is 1. The third kappa shape index (κ3) is 26.4. The van der Waals surface area contributed by atoms with Crippen LogP contribution in [0.4, 0.5) is 0 Å². The highest BCUT2D eigenvalue weighted by Gasteiger charge is 2.39. The first-order valence-electron chi connectivity index (χ1n) is 49.7. The van der Waals surface area contributed by atoms with Gasteiger partial charge < -0.3 is 94.8 Å². The molecule has 145 heavy (non-hydrogen) atoms. The van der Waals surface area contributed by atoms with Crippen LogP contribution in [0.25, 0.3) is 101 Å². The maximum Gasteiger partial charge on any atom is 0.245 e. The molecule has 5 aromatic heterocycles. The molecule has 3 atom stereocenters. The fraction of sp³-hybridized carbons (Fsp3) is 0.430. The Morgan fingerprint density at radius 3 is 1.34 bits per heavy atom. The molecule has 0 saturated carbocycles. The van der Waals surface area contributed by atoms with Crippen LogP contribution in [0.15, 0.2) is 157 Å². The number of H-pyrrole nitrogens is 4. The van der Waals surface area contributed by atoms with Gasteiger partial charge in [0.1, 0.15) is 52.9 Å². The quantitative estimate of drug-likeness (QED) is 0.0138. The molecular formula is C107H131N25O13. The summed E-state index contributed by atoms with van der Waals surface area (Å²) in [6.07, 6.45) is 6.02. The second-order valence-corrected chi connectivity index (χ2v) is 38.6. The Hall–Kier alpha value is -15.2. The molecule has 12 aromatic rings. The number of nitrogens with one attached hydrogen (secondary N) is 6. The minimum absolute atomic E-state index is 0.0259. The van der Waals surface area contributed by atoms with Crippen LogP contribution in [-0.2, 0) is 59.2 Å². The van der Waals surface area contributed by atoms with Gasteiger partial charge >= 0.3 is 0 Å². The molecule has 11 amide bonds. The summed E-state index contributed by atoms with van der Waals surface area (Å²) in [6, 6.07) is 43.3. The van der Waals surface area contributed by atoms with E-state index in [9.17, 15) is 52.7 Å². The summed E-state index contributed by atoms with van der Waals surface area (Å²) in [4.78, 5) is 203. The van der Waals surface area contributed by atoms with E-state index in [1.165, 1.54) is 67.7 Å². The number of aryl methyl sites for hydroxylation is 1. The highest BCUT2D eigenvalue weighted by Crippen LogP contribution is 2.39. The number of carbonyl (C=O) groups is 11. The predicted octanol–water partition coefficient (Wildman–Crippen LogP) is 9.70. The lowest BCUT2D eigenvalue weighted by atomic mass is 9.89. The van der Waals surface area contributed by atoms with Crippen LogP contribution >= 0.6 is 0 Å². The second kappa shape index (κ2) is 47.3. The van der Waals surface area contributed by atoms with Crippen molar-refractivity contribution < 1.29 is 62.2 Å². The molecule has 3 aliphatic rings. The number of benzene rings is 7. The zero-order valence-corrected chi connectivity index (χ0v) is 84.8. The number of unbranched alkanes of at least 4 members (excludes halogenated alkanes) is 1. The smallest absolute Gasteiger partial charge is 0.245 e. The van der Waals surface area contributed by atoms with Crippen molar-refractivity contribution in [3.05, 3.63) is 179 Å². The fourth-order valence-electron chi connectivity index (χ4n) is 18.5. The number of aromatic amines is 4. The first kappa shape index (κ1) is 104. The van der Waals surface area contributed by atoms with Gasteiger partial charge in [0.2, 0.25) is 70.8 Å². The Balaban J connectivity index is 0.536. The minimum atomic E-state index is -1.26.